The van der Waals surface area contributed by atoms with Crippen LogP contribution in [-0.2, 0) is 7.05 Å². The second-order valence-electron chi connectivity index (χ2n) is 3.32. The Morgan fingerprint density at radius 2 is 2.29 bits per heavy atom. The van der Waals surface area contributed by atoms with Gasteiger partial charge in [-0.1, -0.05) is 11.6 Å². The minimum absolute atomic E-state index is 0.244. The number of nitrogens with zero attached hydrogens (tertiary/aromatic N) is 3. The molecule has 0 radical (unpaired) electrons. The van der Waals surface area contributed by atoms with Crippen molar-refractivity contribution in [2.45, 2.75) is 0 Å². The van der Waals surface area contributed by atoms with Crippen LogP contribution in [0.25, 0.3) is 0 Å². The van der Waals surface area contributed by atoms with Gasteiger partial charge in [-0.15, -0.1) is 0 Å². The molecule has 0 aliphatic rings. The highest BCUT2D eigenvalue weighted by Crippen LogP contribution is 2.17. The van der Waals surface area contributed by atoms with E-state index in [1.165, 1.54) is 0 Å². The van der Waals surface area contributed by atoms with Gasteiger partial charge in [-0.05, 0) is 12.1 Å². The zero-order valence-corrected chi connectivity index (χ0v) is 9.77. The summed E-state index contributed by atoms with van der Waals surface area (Å²) < 4.78 is 1.59. The number of anilines is 2. The van der Waals surface area contributed by atoms with Crippen molar-refractivity contribution < 1.29 is 4.79 Å². The van der Waals surface area contributed by atoms with Crippen LogP contribution in [-0.4, -0.2) is 20.8 Å². The molecule has 17 heavy (non-hydrogen) atoms. The Morgan fingerprint density at radius 1 is 1.47 bits per heavy atom. The Balaban J connectivity index is 2.01. The molecule has 2 aromatic heterocycles. The molecule has 0 aliphatic carbocycles. The maximum absolute atomic E-state index is 11.6. The fraction of sp³-hybridized carbons (Fsp3) is 0.100. The number of rotatable bonds is 2. The van der Waals surface area contributed by atoms with E-state index in [9.17, 15) is 4.79 Å². The third-order valence-electron chi connectivity index (χ3n) is 1.97. The number of urea groups is 1. The van der Waals surface area contributed by atoms with E-state index in [-0.39, 0.29) is 5.15 Å². The molecule has 2 amide bonds. The lowest BCUT2D eigenvalue weighted by Crippen LogP contribution is -2.19. The molecule has 0 bridgehead atoms. The summed E-state index contributed by atoms with van der Waals surface area (Å²) in [7, 11) is 1.76. The number of aromatic nitrogens is 3. The standard InChI is InChI=1S/C10H10ClN5O/c1-16-6-7(5-13-16)14-10(17)15-8-3-2-4-12-9(8)11/h2-6H,1H3,(H2,14,15,17). The Bertz CT molecular complexity index is 539. The zero-order chi connectivity index (χ0) is 12.3. The summed E-state index contributed by atoms with van der Waals surface area (Å²) in [4.78, 5) is 15.4. The number of halogens is 1. The number of hydrogen-bond acceptors (Lipinski definition) is 3. The normalized spacial score (nSPS) is 10.0. The van der Waals surface area contributed by atoms with Gasteiger partial charge in [0.25, 0.3) is 0 Å². The van der Waals surface area contributed by atoms with Crippen molar-refractivity contribution >= 4 is 29.0 Å². The van der Waals surface area contributed by atoms with Gasteiger partial charge in [0.15, 0.2) is 5.15 Å². The minimum atomic E-state index is -0.395. The first-order chi connectivity index (χ1) is 8.15. The predicted octanol–water partition coefficient (Wildman–Crippen LogP) is 2.11. The molecule has 0 atom stereocenters. The number of carbonyl (C=O) groups is 1. The topological polar surface area (TPSA) is 71.8 Å². The van der Waals surface area contributed by atoms with E-state index < -0.39 is 6.03 Å². The van der Waals surface area contributed by atoms with Crippen LogP contribution in [0.2, 0.25) is 5.15 Å². The van der Waals surface area contributed by atoms with Crippen LogP contribution in [0.3, 0.4) is 0 Å². The first-order valence-corrected chi connectivity index (χ1v) is 5.20. The van der Waals surface area contributed by atoms with Crippen LogP contribution in [0.1, 0.15) is 0 Å². The van der Waals surface area contributed by atoms with E-state index in [4.69, 9.17) is 11.6 Å². The highest BCUT2D eigenvalue weighted by atomic mass is 35.5. The van der Waals surface area contributed by atoms with Crippen molar-refractivity contribution in [1.82, 2.24) is 14.8 Å². The van der Waals surface area contributed by atoms with Gasteiger partial charge in [-0.3, -0.25) is 4.68 Å². The van der Waals surface area contributed by atoms with E-state index in [0.29, 0.717) is 11.4 Å². The highest BCUT2D eigenvalue weighted by Gasteiger charge is 2.06. The van der Waals surface area contributed by atoms with Gasteiger partial charge in [0.1, 0.15) is 0 Å². The van der Waals surface area contributed by atoms with E-state index >= 15 is 0 Å². The van der Waals surface area contributed by atoms with Crippen molar-refractivity contribution in [3.8, 4) is 0 Å². The molecule has 7 heteroatoms. The molecule has 2 N–H and O–H groups in total. The Kier molecular flexibility index (Phi) is 3.24. The molecular formula is C10H10ClN5O. The first kappa shape index (κ1) is 11.4. The van der Waals surface area contributed by atoms with Crippen LogP contribution < -0.4 is 10.6 Å². The molecule has 2 heterocycles. The largest absolute Gasteiger partial charge is 0.323 e. The van der Waals surface area contributed by atoms with Gasteiger partial charge in [-0.2, -0.15) is 5.10 Å². The maximum atomic E-state index is 11.6. The lowest BCUT2D eigenvalue weighted by atomic mass is 10.4. The van der Waals surface area contributed by atoms with Crippen molar-refractivity contribution in [2.24, 2.45) is 7.05 Å². The second kappa shape index (κ2) is 4.84. The smallest absolute Gasteiger partial charge is 0.305 e. The Hall–Kier alpha value is -2.08. The van der Waals surface area contributed by atoms with Crippen LogP contribution in [0, 0.1) is 0 Å². The lowest BCUT2D eigenvalue weighted by molar-refractivity contribution is 0.262. The number of hydrogen-bond donors (Lipinski definition) is 2. The van der Waals surface area contributed by atoms with Gasteiger partial charge >= 0.3 is 6.03 Å². The molecule has 0 aromatic carbocycles. The number of nitrogens with one attached hydrogen (secondary N) is 2. The van der Waals surface area contributed by atoms with Crippen LogP contribution in [0.4, 0.5) is 16.2 Å². The van der Waals surface area contributed by atoms with Gasteiger partial charge < -0.3 is 10.6 Å². The summed E-state index contributed by atoms with van der Waals surface area (Å²) in [6.45, 7) is 0. The highest BCUT2D eigenvalue weighted by molar-refractivity contribution is 6.32. The maximum Gasteiger partial charge on any atom is 0.323 e. The number of carbonyl (C=O) groups excluding carboxylic acids is 1. The summed E-state index contributed by atoms with van der Waals surface area (Å²) in [5.41, 5.74) is 1.06. The minimum Gasteiger partial charge on any atom is -0.305 e. The van der Waals surface area contributed by atoms with Gasteiger partial charge in [-0.25, -0.2) is 9.78 Å². The first-order valence-electron chi connectivity index (χ1n) is 4.82. The van der Waals surface area contributed by atoms with E-state index in [1.807, 2.05) is 0 Å². The molecule has 6 nitrogen and oxygen atoms in total. The van der Waals surface area contributed by atoms with Crippen LogP contribution in [0.15, 0.2) is 30.7 Å². The molecule has 2 rings (SSSR count). The molecular weight excluding hydrogens is 242 g/mol. The SMILES string of the molecule is Cn1cc(NC(=O)Nc2cccnc2Cl)cn1. The van der Waals surface area contributed by atoms with Gasteiger partial charge in [0.2, 0.25) is 0 Å². The number of pyridine rings is 1. The molecule has 0 saturated carbocycles. The van der Waals surface area contributed by atoms with Crippen molar-refractivity contribution in [3.05, 3.63) is 35.9 Å². The second-order valence-corrected chi connectivity index (χ2v) is 3.68. The lowest BCUT2D eigenvalue weighted by Gasteiger charge is -2.06. The number of amides is 2. The molecule has 0 unspecified atom stereocenters. The van der Waals surface area contributed by atoms with E-state index in [1.54, 1.807) is 42.5 Å². The number of aryl methyl sites for hydroxylation is 1. The molecule has 88 valence electrons. The summed E-state index contributed by atoms with van der Waals surface area (Å²) in [5.74, 6) is 0. The summed E-state index contributed by atoms with van der Waals surface area (Å²) in [5, 5.41) is 9.38. The van der Waals surface area contributed by atoms with E-state index in [0.717, 1.165) is 0 Å². The summed E-state index contributed by atoms with van der Waals surface area (Å²) in [6, 6.07) is 2.96. The van der Waals surface area contributed by atoms with Crippen molar-refractivity contribution in [3.63, 3.8) is 0 Å². The zero-order valence-electron chi connectivity index (χ0n) is 9.01. The molecule has 0 saturated heterocycles. The summed E-state index contributed by atoms with van der Waals surface area (Å²) in [6.07, 6.45) is 4.78. The Labute approximate surface area is 103 Å². The predicted molar refractivity (Wildman–Crippen MR) is 65.1 cm³/mol. The van der Waals surface area contributed by atoms with Crippen LogP contribution >= 0.6 is 11.6 Å². The quantitative estimate of drug-likeness (QED) is 0.803. The molecule has 0 spiro atoms. The monoisotopic (exact) mass is 251 g/mol. The average Bonchev–Trinajstić information content (AvgIpc) is 2.67. The van der Waals surface area contributed by atoms with Crippen LogP contribution in [0.5, 0.6) is 0 Å². The third-order valence-corrected chi connectivity index (χ3v) is 2.27. The fourth-order valence-corrected chi connectivity index (χ4v) is 1.42. The molecule has 0 aliphatic heterocycles. The van der Waals surface area contributed by atoms with Gasteiger partial charge in [0.05, 0.1) is 17.6 Å². The van der Waals surface area contributed by atoms with E-state index in [2.05, 4.69) is 20.7 Å². The van der Waals surface area contributed by atoms with Crippen molar-refractivity contribution in [1.29, 1.82) is 0 Å². The molecule has 2 aromatic rings. The summed E-state index contributed by atoms with van der Waals surface area (Å²) >= 11 is 5.81. The molecule has 0 fully saturated rings. The average molecular weight is 252 g/mol. The Morgan fingerprint density at radius 3 is 2.94 bits per heavy atom. The fourth-order valence-electron chi connectivity index (χ4n) is 1.25. The third kappa shape index (κ3) is 2.94. The van der Waals surface area contributed by atoms with Crippen molar-refractivity contribution in [2.75, 3.05) is 10.6 Å². The van der Waals surface area contributed by atoms with Gasteiger partial charge in [0, 0.05) is 19.4 Å².